The van der Waals surface area contributed by atoms with Crippen LogP contribution in [-0.4, -0.2) is 17.1 Å². The van der Waals surface area contributed by atoms with E-state index in [1.54, 1.807) is 23.6 Å². The van der Waals surface area contributed by atoms with E-state index < -0.39 is 12.0 Å². The molecule has 2 aromatic carbocycles. The Morgan fingerprint density at radius 2 is 1.87 bits per heavy atom. The lowest BCUT2D eigenvalue weighted by Gasteiger charge is -2.24. The van der Waals surface area contributed by atoms with E-state index in [0.29, 0.717) is 39.4 Å². The molecule has 9 heteroatoms. The number of carbonyl (C=O) groups is 1. The van der Waals surface area contributed by atoms with Crippen molar-refractivity contribution in [3.63, 3.8) is 0 Å². The first-order valence-electron chi connectivity index (χ1n) is 12.7. The van der Waals surface area contributed by atoms with E-state index in [9.17, 15) is 14.0 Å². The van der Waals surface area contributed by atoms with Gasteiger partial charge in [-0.25, -0.2) is 14.2 Å². The summed E-state index contributed by atoms with van der Waals surface area (Å²) in [6.07, 6.45) is 3.25. The smallest absolute Gasteiger partial charge is 0.338 e. The van der Waals surface area contributed by atoms with E-state index in [0.717, 1.165) is 22.4 Å². The number of carbonyl (C=O) groups excluding carboxylic acids is 1. The average Bonchev–Trinajstić information content (AvgIpc) is 3.57. The third-order valence-corrected chi connectivity index (χ3v) is 8.11. The van der Waals surface area contributed by atoms with Gasteiger partial charge in [-0.3, -0.25) is 9.36 Å². The minimum atomic E-state index is -0.578. The monoisotopic (exact) mass is 562 g/mol. The maximum absolute atomic E-state index is 13.7. The Balaban J connectivity index is 1.49. The van der Waals surface area contributed by atoms with Gasteiger partial charge >= 0.3 is 5.97 Å². The highest BCUT2D eigenvalue weighted by Crippen LogP contribution is 2.34. The first-order valence-corrected chi connectivity index (χ1v) is 14.4. The molecule has 0 aliphatic carbocycles. The molecule has 5 rings (SSSR count). The zero-order valence-electron chi connectivity index (χ0n) is 21.6. The molecule has 2 aromatic heterocycles. The zero-order valence-corrected chi connectivity index (χ0v) is 23.2. The van der Waals surface area contributed by atoms with Gasteiger partial charge in [0.1, 0.15) is 24.2 Å². The summed E-state index contributed by atoms with van der Waals surface area (Å²) in [7, 11) is 0. The van der Waals surface area contributed by atoms with Gasteiger partial charge in [0.25, 0.3) is 5.56 Å². The molecule has 1 aliphatic heterocycles. The lowest BCUT2D eigenvalue weighted by molar-refractivity contribution is -0.139. The largest absolute Gasteiger partial charge is 0.489 e. The summed E-state index contributed by atoms with van der Waals surface area (Å²) < 4.78 is 26.5. The predicted molar refractivity (Wildman–Crippen MR) is 151 cm³/mol. The molecule has 0 spiro atoms. The van der Waals surface area contributed by atoms with Gasteiger partial charge < -0.3 is 9.47 Å². The fourth-order valence-electron chi connectivity index (χ4n) is 4.40. The molecule has 4 aromatic rings. The quantitative estimate of drug-likeness (QED) is 0.258. The van der Waals surface area contributed by atoms with Crippen LogP contribution in [0.4, 0.5) is 4.39 Å². The van der Waals surface area contributed by atoms with Crippen molar-refractivity contribution in [1.29, 1.82) is 0 Å². The number of allylic oxidation sites excluding steroid dienone is 1. The zero-order chi connectivity index (χ0) is 27.4. The summed E-state index contributed by atoms with van der Waals surface area (Å²) in [6.45, 7) is 4.37. The van der Waals surface area contributed by atoms with Crippen LogP contribution in [-0.2, 0) is 16.1 Å². The number of ether oxygens (including phenoxy) is 2. The van der Waals surface area contributed by atoms with Crippen molar-refractivity contribution in [2.75, 3.05) is 6.61 Å². The van der Waals surface area contributed by atoms with Gasteiger partial charge in [0.2, 0.25) is 0 Å². The van der Waals surface area contributed by atoms with Crippen molar-refractivity contribution in [2.24, 2.45) is 4.99 Å². The van der Waals surface area contributed by atoms with Crippen molar-refractivity contribution in [1.82, 2.24) is 4.57 Å². The second-order valence-corrected chi connectivity index (χ2v) is 10.9. The molecule has 6 nitrogen and oxygen atoms in total. The van der Waals surface area contributed by atoms with Crippen LogP contribution in [0, 0.1) is 5.82 Å². The van der Waals surface area contributed by atoms with Crippen molar-refractivity contribution >= 4 is 34.7 Å². The SMILES string of the molecule is CCCC1=C(C(=O)OCC)[C@@H](c2cccs2)n2c(s/c(=C\c3ccc(OCc4ccc(F)cc4)cc3)c2=O)=N1. The Hall–Kier alpha value is -3.82. The molecular weight excluding hydrogens is 535 g/mol. The summed E-state index contributed by atoms with van der Waals surface area (Å²) in [4.78, 5) is 33.1. The molecule has 39 heavy (non-hydrogen) atoms. The molecular formula is C30H27FN2O4S2. The summed E-state index contributed by atoms with van der Waals surface area (Å²) in [5.74, 6) is -0.0543. The Bertz CT molecular complexity index is 1670. The van der Waals surface area contributed by atoms with E-state index in [1.807, 2.05) is 54.8 Å². The number of rotatable bonds is 9. The molecule has 3 heterocycles. The van der Waals surface area contributed by atoms with E-state index in [2.05, 4.69) is 0 Å². The number of halogens is 1. The molecule has 0 bridgehead atoms. The van der Waals surface area contributed by atoms with Crippen molar-refractivity contribution in [3.8, 4) is 5.75 Å². The number of thiazole rings is 1. The van der Waals surface area contributed by atoms with Gasteiger partial charge in [-0.1, -0.05) is 55.0 Å². The van der Waals surface area contributed by atoms with E-state index in [1.165, 1.54) is 34.8 Å². The van der Waals surface area contributed by atoms with Crippen LogP contribution < -0.4 is 19.6 Å². The van der Waals surface area contributed by atoms with Gasteiger partial charge in [0.05, 0.1) is 22.4 Å². The van der Waals surface area contributed by atoms with Crippen molar-refractivity contribution in [2.45, 2.75) is 39.3 Å². The van der Waals surface area contributed by atoms with Crippen molar-refractivity contribution in [3.05, 3.63) is 119 Å². The van der Waals surface area contributed by atoms with Crippen LogP contribution in [0.5, 0.6) is 5.75 Å². The average molecular weight is 563 g/mol. The highest BCUT2D eigenvalue weighted by Gasteiger charge is 2.34. The van der Waals surface area contributed by atoms with Crippen molar-refractivity contribution < 1.29 is 18.7 Å². The summed E-state index contributed by atoms with van der Waals surface area (Å²) in [5, 5.41) is 1.94. The number of fused-ring (bicyclic) bond motifs is 1. The first-order chi connectivity index (χ1) is 19.0. The molecule has 0 radical (unpaired) electrons. The number of nitrogens with zero attached hydrogens (tertiary/aromatic N) is 2. The fraction of sp³-hybridized carbons (Fsp3) is 0.233. The van der Waals surface area contributed by atoms with Crippen LogP contribution in [0.1, 0.15) is 48.7 Å². The van der Waals surface area contributed by atoms with Crippen LogP contribution in [0.2, 0.25) is 0 Å². The molecule has 1 atom stereocenters. The number of hydrogen-bond acceptors (Lipinski definition) is 7. The van der Waals surface area contributed by atoms with Crippen LogP contribution >= 0.6 is 22.7 Å². The summed E-state index contributed by atoms with van der Waals surface area (Å²) in [6, 6.07) is 16.9. The summed E-state index contributed by atoms with van der Waals surface area (Å²) in [5.41, 5.74) is 2.60. The molecule has 0 N–H and O–H groups in total. The van der Waals surface area contributed by atoms with Gasteiger partial charge in [-0.2, -0.15) is 0 Å². The van der Waals surface area contributed by atoms with Gasteiger partial charge in [0.15, 0.2) is 4.80 Å². The minimum absolute atomic E-state index is 0.203. The van der Waals surface area contributed by atoms with Gasteiger partial charge in [0, 0.05) is 4.88 Å². The Kier molecular flexibility index (Phi) is 8.18. The topological polar surface area (TPSA) is 69.9 Å². The second kappa shape index (κ2) is 11.9. The van der Waals surface area contributed by atoms with E-state index in [-0.39, 0.29) is 18.0 Å². The maximum atomic E-state index is 13.7. The molecule has 0 amide bonds. The highest BCUT2D eigenvalue weighted by molar-refractivity contribution is 7.10. The first kappa shape index (κ1) is 26.8. The Morgan fingerprint density at radius 1 is 1.10 bits per heavy atom. The number of thiophene rings is 1. The summed E-state index contributed by atoms with van der Waals surface area (Å²) >= 11 is 2.81. The standard InChI is InChI=1S/C30H27FN2O4S2/c1-3-6-23-26(29(35)36-4-2)27(24-7-5-16-38-24)33-28(34)25(39-30(33)32-23)17-19-10-14-22(15-11-19)37-18-20-8-12-21(31)13-9-20/h5,7-17,27H,3-4,6,18H2,1-2H3/b25-17-/t27-/m1/s1. The molecule has 0 fully saturated rings. The second-order valence-electron chi connectivity index (χ2n) is 8.91. The predicted octanol–water partition coefficient (Wildman–Crippen LogP) is 5.36. The molecule has 1 aliphatic rings. The lowest BCUT2D eigenvalue weighted by Crippen LogP contribution is -2.39. The number of esters is 1. The van der Waals surface area contributed by atoms with Crippen LogP contribution in [0.3, 0.4) is 0 Å². The van der Waals surface area contributed by atoms with Gasteiger partial charge in [-0.15, -0.1) is 11.3 Å². The number of aromatic nitrogens is 1. The molecule has 200 valence electrons. The third kappa shape index (κ3) is 5.79. The minimum Gasteiger partial charge on any atom is -0.489 e. The third-order valence-electron chi connectivity index (χ3n) is 6.20. The Morgan fingerprint density at radius 3 is 2.54 bits per heavy atom. The molecule has 0 unspecified atom stereocenters. The number of benzene rings is 2. The highest BCUT2D eigenvalue weighted by atomic mass is 32.1. The van der Waals surface area contributed by atoms with E-state index in [4.69, 9.17) is 14.5 Å². The van der Waals surface area contributed by atoms with E-state index >= 15 is 0 Å². The van der Waals surface area contributed by atoms with Crippen LogP contribution in [0.15, 0.2) is 87.1 Å². The normalized spacial score (nSPS) is 15.2. The number of hydrogen-bond donors (Lipinski definition) is 0. The molecule has 0 saturated heterocycles. The molecule has 0 saturated carbocycles. The fourth-order valence-corrected chi connectivity index (χ4v) is 6.24. The lowest BCUT2D eigenvalue weighted by atomic mass is 9.99. The Labute approximate surface area is 233 Å². The van der Waals surface area contributed by atoms with Gasteiger partial charge in [-0.05, 0) is 66.3 Å². The maximum Gasteiger partial charge on any atom is 0.338 e. The van der Waals surface area contributed by atoms with Crippen LogP contribution in [0.25, 0.3) is 6.08 Å².